The van der Waals surface area contributed by atoms with E-state index in [1.807, 2.05) is 0 Å². The number of hydrogen-bond donors (Lipinski definition) is 3. The number of carbonyl (C=O) groups excluding carboxylic acids is 1. The number of hydrogen-bond acceptors (Lipinski definition) is 5. The maximum Gasteiger partial charge on any atom is 0.244 e. The van der Waals surface area contributed by atoms with Crippen molar-refractivity contribution in [2.24, 2.45) is 5.73 Å². The van der Waals surface area contributed by atoms with Gasteiger partial charge in [0.1, 0.15) is 6.04 Å². The van der Waals surface area contributed by atoms with Gasteiger partial charge in [-0.05, 0) is 24.6 Å². The topological polar surface area (TPSA) is 127 Å². The van der Waals surface area contributed by atoms with Crippen molar-refractivity contribution in [1.82, 2.24) is 4.31 Å². The van der Waals surface area contributed by atoms with Gasteiger partial charge in [-0.25, -0.2) is 8.42 Å². The van der Waals surface area contributed by atoms with Crippen LogP contribution in [-0.4, -0.2) is 42.4 Å². The Morgan fingerprint density at radius 2 is 2.10 bits per heavy atom. The van der Waals surface area contributed by atoms with Gasteiger partial charge >= 0.3 is 0 Å². The van der Waals surface area contributed by atoms with Gasteiger partial charge in [0.25, 0.3) is 0 Å². The van der Waals surface area contributed by atoms with Gasteiger partial charge in [0.2, 0.25) is 15.9 Å². The molecule has 1 aliphatic heterocycles. The number of sulfonamides is 1. The molecule has 2 rings (SSSR count). The molecule has 1 amide bonds. The van der Waals surface area contributed by atoms with Crippen LogP contribution in [0.25, 0.3) is 0 Å². The van der Waals surface area contributed by atoms with E-state index >= 15 is 0 Å². The number of halogens is 1. The molecule has 0 radical (unpaired) electrons. The van der Waals surface area contributed by atoms with Crippen molar-refractivity contribution in [2.75, 3.05) is 12.3 Å². The van der Waals surface area contributed by atoms with Crippen LogP contribution in [0.4, 0.5) is 5.69 Å². The number of rotatable bonds is 3. The van der Waals surface area contributed by atoms with Gasteiger partial charge in [-0.15, -0.1) is 0 Å². The van der Waals surface area contributed by atoms with Gasteiger partial charge in [-0.1, -0.05) is 11.6 Å². The summed E-state index contributed by atoms with van der Waals surface area (Å²) in [4.78, 5) is 11.3. The largest absolute Gasteiger partial charge is 0.398 e. The molecule has 21 heavy (non-hydrogen) atoms. The van der Waals surface area contributed by atoms with E-state index in [2.05, 4.69) is 0 Å². The van der Waals surface area contributed by atoms with Crippen LogP contribution in [0.1, 0.15) is 12.0 Å². The molecule has 1 fully saturated rings. The van der Waals surface area contributed by atoms with E-state index in [1.165, 1.54) is 12.1 Å². The van der Waals surface area contributed by atoms with Crippen LogP contribution in [0.5, 0.6) is 0 Å². The Morgan fingerprint density at radius 3 is 2.67 bits per heavy atom. The fraction of sp³-hybridized carbons (Fsp3) is 0.417. The van der Waals surface area contributed by atoms with Crippen molar-refractivity contribution in [1.29, 1.82) is 0 Å². The highest BCUT2D eigenvalue weighted by atomic mass is 35.5. The zero-order valence-electron chi connectivity index (χ0n) is 11.3. The molecule has 7 nitrogen and oxygen atoms in total. The number of aliphatic hydroxyl groups is 1. The third kappa shape index (κ3) is 2.84. The molecule has 0 aliphatic carbocycles. The molecule has 116 valence electrons. The van der Waals surface area contributed by atoms with Crippen molar-refractivity contribution in [2.45, 2.75) is 30.4 Å². The molecule has 0 spiro atoms. The van der Waals surface area contributed by atoms with Gasteiger partial charge in [0.15, 0.2) is 0 Å². The summed E-state index contributed by atoms with van der Waals surface area (Å²) in [6.07, 6.45) is -0.960. The summed E-state index contributed by atoms with van der Waals surface area (Å²) in [7, 11) is -4.03. The highest BCUT2D eigenvalue weighted by molar-refractivity contribution is 7.89. The average molecular weight is 334 g/mol. The zero-order valence-corrected chi connectivity index (χ0v) is 12.9. The maximum atomic E-state index is 12.7. The van der Waals surface area contributed by atoms with Crippen LogP contribution >= 0.6 is 11.6 Å². The number of carbonyl (C=O) groups is 1. The summed E-state index contributed by atoms with van der Waals surface area (Å²) in [5.74, 6) is -0.803. The molecule has 1 heterocycles. The van der Waals surface area contributed by atoms with Crippen molar-refractivity contribution < 1.29 is 18.3 Å². The number of amides is 1. The Kier molecular flexibility index (Phi) is 4.16. The number of nitrogens with two attached hydrogens (primary N) is 2. The van der Waals surface area contributed by atoms with E-state index in [-0.39, 0.29) is 28.6 Å². The lowest BCUT2D eigenvalue weighted by Crippen LogP contribution is -2.43. The molecule has 1 saturated heterocycles. The molecular weight excluding hydrogens is 318 g/mol. The number of aliphatic hydroxyl groups excluding tert-OH is 1. The Hall–Kier alpha value is -1.35. The van der Waals surface area contributed by atoms with Crippen LogP contribution in [0.15, 0.2) is 17.0 Å². The second kappa shape index (κ2) is 5.45. The monoisotopic (exact) mass is 333 g/mol. The van der Waals surface area contributed by atoms with Crippen LogP contribution in [0, 0.1) is 6.92 Å². The molecule has 1 aromatic carbocycles. The third-order valence-electron chi connectivity index (χ3n) is 3.51. The maximum absolute atomic E-state index is 12.7. The average Bonchev–Trinajstić information content (AvgIpc) is 2.76. The molecule has 9 heteroatoms. The van der Waals surface area contributed by atoms with E-state index in [0.717, 1.165) is 4.31 Å². The van der Waals surface area contributed by atoms with Crippen LogP contribution in [-0.2, 0) is 14.8 Å². The highest BCUT2D eigenvalue weighted by Gasteiger charge is 2.43. The van der Waals surface area contributed by atoms with Crippen LogP contribution in [0.3, 0.4) is 0 Å². The summed E-state index contributed by atoms with van der Waals surface area (Å²) < 4.78 is 26.3. The standard InChI is InChI=1S/C12H16ClN3O4S/c1-6-9(14)2-7(13)3-11(6)21(19,20)16-5-8(17)4-10(16)12(15)18/h2-3,8,10,17H,4-5,14H2,1H3,(H2,15,18). The van der Waals surface area contributed by atoms with Crippen molar-refractivity contribution >= 4 is 33.2 Å². The predicted molar refractivity (Wildman–Crippen MR) is 78.1 cm³/mol. The molecule has 1 aromatic rings. The minimum atomic E-state index is -4.03. The fourth-order valence-electron chi connectivity index (χ4n) is 2.38. The fourth-order valence-corrected chi connectivity index (χ4v) is 4.59. The molecule has 0 bridgehead atoms. The minimum absolute atomic E-state index is 0.0241. The number of nitrogens with zero attached hydrogens (tertiary/aromatic N) is 1. The van der Waals surface area contributed by atoms with Gasteiger partial charge in [0, 0.05) is 23.7 Å². The summed E-state index contributed by atoms with van der Waals surface area (Å²) in [6.45, 7) is 1.35. The molecule has 2 unspecified atom stereocenters. The molecule has 2 atom stereocenters. The molecule has 0 saturated carbocycles. The smallest absolute Gasteiger partial charge is 0.244 e. The molecular formula is C12H16ClN3O4S. The quantitative estimate of drug-likeness (QED) is 0.662. The number of anilines is 1. The Morgan fingerprint density at radius 1 is 1.48 bits per heavy atom. The van der Waals surface area contributed by atoms with Gasteiger partial charge in [-0.2, -0.15) is 4.31 Å². The Labute approximate surface area is 127 Å². The van der Waals surface area contributed by atoms with E-state index in [0.29, 0.717) is 5.56 Å². The lowest BCUT2D eigenvalue weighted by Gasteiger charge is -2.23. The summed E-state index contributed by atoms with van der Waals surface area (Å²) >= 11 is 5.86. The second-order valence-corrected chi connectivity index (χ2v) is 7.30. The lowest BCUT2D eigenvalue weighted by molar-refractivity contribution is -0.121. The minimum Gasteiger partial charge on any atom is -0.398 e. The van der Waals surface area contributed by atoms with E-state index in [4.69, 9.17) is 23.1 Å². The SMILES string of the molecule is Cc1c(N)cc(Cl)cc1S(=O)(=O)N1CC(O)CC1C(N)=O. The number of benzene rings is 1. The second-order valence-electron chi connectivity index (χ2n) is 5.00. The predicted octanol–water partition coefficient (Wildman–Crippen LogP) is -0.160. The van der Waals surface area contributed by atoms with E-state index in [1.54, 1.807) is 6.92 Å². The van der Waals surface area contributed by atoms with Crippen LogP contribution in [0.2, 0.25) is 5.02 Å². The van der Waals surface area contributed by atoms with Crippen molar-refractivity contribution in [3.63, 3.8) is 0 Å². The first-order valence-corrected chi connectivity index (χ1v) is 8.01. The van der Waals surface area contributed by atoms with Crippen LogP contribution < -0.4 is 11.5 Å². The van der Waals surface area contributed by atoms with Crippen molar-refractivity contribution in [3.8, 4) is 0 Å². The van der Waals surface area contributed by atoms with Gasteiger partial charge in [0.05, 0.1) is 11.0 Å². The Bertz CT molecular complexity index is 692. The molecule has 1 aliphatic rings. The van der Waals surface area contributed by atoms with Gasteiger partial charge < -0.3 is 16.6 Å². The summed E-state index contributed by atoms with van der Waals surface area (Å²) in [5, 5.41) is 9.82. The van der Waals surface area contributed by atoms with E-state index < -0.39 is 28.1 Å². The first-order valence-electron chi connectivity index (χ1n) is 6.19. The zero-order chi connectivity index (χ0) is 15.9. The molecule has 5 N–H and O–H groups in total. The summed E-state index contributed by atoms with van der Waals surface area (Å²) in [5.41, 5.74) is 11.5. The number of nitrogen functional groups attached to an aromatic ring is 1. The normalized spacial score (nSPS) is 23.4. The first-order chi connectivity index (χ1) is 9.64. The summed E-state index contributed by atoms with van der Waals surface area (Å²) in [6, 6.07) is 1.63. The van der Waals surface area contributed by atoms with Gasteiger partial charge in [-0.3, -0.25) is 4.79 Å². The number of primary amides is 1. The highest BCUT2D eigenvalue weighted by Crippen LogP contribution is 2.32. The van der Waals surface area contributed by atoms with E-state index in [9.17, 15) is 18.3 Å². The first kappa shape index (κ1) is 16.0. The van der Waals surface area contributed by atoms with Crippen molar-refractivity contribution in [3.05, 3.63) is 22.7 Å². The third-order valence-corrected chi connectivity index (χ3v) is 5.73. The molecule has 0 aromatic heterocycles. The Balaban J connectivity index is 2.54. The lowest BCUT2D eigenvalue weighted by atomic mass is 10.2. The number of β-amino-alcohol motifs (C(OH)–C–C–N with tert-alkyl or cyclic N) is 1.